The molecule has 0 unspecified atom stereocenters. The van der Waals surface area contributed by atoms with Crippen LogP contribution in [-0.2, 0) is 6.54 Å². The van der Waals surface area contributed by atoms with Crippen LogP contribution in [0.3, 0.4) is 0 Å². The lowest BCUT2D eigenvalue weighted by atomic mass is 9.99. The monoisotopic (exact) mass is 321 g/mol. The highest BCUT2D eigenvalue weighted by molar-refractivity contribution is 5.85. The molecule has 0 amide bonds. The van der Waals surface area contributed by atoms with Crippen LogP contribution in [0, 0.1) is 23.1 Å². The molecule has 1 aliphatic rings. The SMILES string of the molecule is Cl.N#CC1CCN(Cc2coc(-c3ccc(F)cc3)n2)CC1. The molecule has 2 heterocycles. The zero-order valence-electron chi connectivity index (χ0n) is 12.0. The summed E-state index contributed by atoms with van der Waals surface area (Å²) in [6.07, 6.45) is 3.48. The van der Waals surface area contributed by atoms with Gasteiger partial charge in [-0.2, -0.15) is 5.26 Å². The Balaban J connectivity index is 0.00000176. The van der Waals surface area contributed by atoms with Gasteiger partial charge in [0.25, 0.3) is 0 Å². The summed E-state index contributed by atoms with van der Waals surface area (Å²) < 4.78 is 18.4. The third-order valence-electron chi connectivity index (χ3n) is 3.80. The molecule has 0 saturated carbocycles. The Morgan fingerprint density at radius 1 is 1.27 bits per heavy atom. The van der Waals surface area contributed by atoms with Gasteiger partial charge in [0.15, 0.2) is 0 Å². The first-order valence-corrected chi connectivity index (χ1v) is 7.07. The molecular formula is C16H17ClFN3O. The van der Waals surface area contributed by atoms with Gasteiger partial charge in [-0.3, -0.25) is 4.90 Å². The number of nitrogens with zero attached hydrogens (tertiary/aromatic N) is 3. The minimum atomic E-state index is -0.272. The van der Waals surface area contributed by atoms with Crippen molar-refractivity contribution in [1.82, 2.24) is 9.88 Å². The maximum absolute atomic E-state index is 12.9. The molecule has 6 heteroatoms. The van der Waals surface area contributed by atoms with Crippen molar-refractivity contribution in [2.24, 2.45) is 5.92 Å². The maximum atomic E-state index is 12.9. The van der Waals surface area contributed by atoms with Crippen molar-refractivity contribution in [2.45, 2.75) is 19.4 Å². The zero-order valence-corrected chi connectivity index (χ0v) is 12.9. The lowest BCUT2D eigenvalue weighted by molar-refractivity contribution is 0.196. The summed E-state index contributed by atoms with van der Waals surface area (Å²) in [5.41, 5.74) is 1.63. The van der Waals surface area contributed by atoms with Crippen LogP contribution in [0.1, 0.15) is 18.5 Å². The molecular weight excluding hydrogens is 305 g/mol. The van der Waals surface area contributed by atoms with E-state index in [1.807, 2.05) is 0 Å². The predicted octanol–water partition coefficient (Wildman–Crippen LogP) is 3.64. The molecule has 3 rings (SSSR count). The Bertz CT molecular complexity index is 642. The molecule has 0 spiro atoms. The van der Waals surface area contributed by atoms with Gasteiger partial charge in [-0.05, 0) is 50.2 Å². The van der Waals surface area contributed by atoms with Gasteiger partial charge in [-0.1, -0.05) is 0 Å². The number of halogens is 2. The minimum absolute atomic E-state index is 0. The smallest absolute Gasteiger partial charge is 0.226 e. The van der Waals surface area contributed by atoms with Gasteiger partial charge in [0, 0.05) is 18.0 Å². The Labute approximate surface area is 135 Å². The molecule has 1 fully saturated rings. The standard InChI is InChI=1S/C16H16FN3O.ClH/c17-14-3-1-13(2-4-14)16-19-15(11-21-16)10-20-7-5-12(9-18)6-8-20;/h1-4,11-12H,5-8,10H2;1H. The molecule has 0 N–H and O–H groups in total. The van der Waals surface area contributed by atoms with Crippen molar-refractivity contribution in [3.63, 3.8) is 0 Å². The van der Waals surface area contributed by atoms with E-state index in [0.717, 1.165) is 43.7 Å². The van der Waals surface area contributed by atoms with E-state index in [4.69, 9.17) is 9.68 Å². The minimum Gasteiger partial charge on any atom is -0.444 e. The fourth-order valence-corrected chi connectivity index (χ4v) is 2.55. The number of benzene rings is 1. The largest absolute Gasteiger partial charge is 0.444 e. The summed E-state index contributed by atoms with van der Waals surface area (Å²) >= 11 is 0. The third-order valence-corrected chi connectivity index (χ3v) is 3.80. The van der Waals surface area contributed by atoms with E-state index in [1.54, 1.807) is 18.4 Å². The van der Waals surface area contributed by atoms with Gasteiger partial charge >= 0.3 is 0 Å². The molecule has 0 bridgehead atoms. The Morgan fingerprint density at radius 3 is 2.59 bits per heavy atom. The molecule has 0 atom stereocenters. The van der Waals surface area contributed by atoms with Crippen LogP contribution in [0.25, 0.3) is 11.5 Å². The fourth-order valence-electron chi connectivity index (χ4n) is 2.55. The van der Waals surface area contributed by atoms with E-state index in [2.05, 4.69) is 16.0 Å². The number of rotatable bonds is 3. The second-order valence-electron chi connectivity index (χ2n) is 5.33. The Morgan fingerprint density at radius 2 is 1.95 bits per heavy atom. The summed E-state index contributed by atoms with van der Waals surface area (Å²) in [5.74, 6) is 0.427. The zero-order chi connectivity index (χ0) is 14.7. The van der Waals surface area contributed by atoms with Crippen molar-refractivity contribution in [3.8, 4) is 17.5 Å². The number of piperidine rings is 1. The summed E-state index contributed by atoms with van der Waals surface area (Å²) in [6.45, 7) is 2.55. The van der Waals surface area contributed by atoms with Crippen LogP contribution in [0.5, 0.6) is 0 Å². The molecule has 1 aromatic heterocycles. The van der Waals surface area contributed by atoms with Gasteiger partial charge in [-0.25, -0.2) is 9.37 Å². The number of likely N-dealkylation sites (tertiary alicyclic amines) is 1. The first kappa shape index (κ1) is 16.5. The summed E-state index contributed by atoms with van der Waals surface area (Å²) in [4.78, 5) is 6.73. The molecule has 4 nitrogen and oxygen atoms in total. The van der Waals surface area contributed by atoms with Gasteiger partial charge in [0.05, 0.1) is 11.8 Å². The quantitative estimate of drug-likeness (QED) is 0.866. The Kier molecular flexibility index (Phi) is 5.53. The van der Waals surface area contributed by atoms with Gasteiger partial charge in [-0.15, -0.1) is 12.4 Å². The second-order valence-corrected chi connectivity index (χ2v) is 5.33. The van der Waals surface area contributed by atoms with E-state index < -0.39 is 0 Å². The van der Waals surface area contributed by atoms with E-state index in [0.29, 0.717) is 5.89 Å². The predicted molar refractivity (Wildman–Crippen MR) is 82.8 cm³/mol. The molecule has 1 aromatic carbocycles. The fraction of sp³-hybridized carbons (Fsp3) is 0.375. The van der Waals surface area contributed by atoms with Gasteiger partial charge in [0.2, 0.25) is 5.89 Å². The average molecular weight is 322 g/mol. The molecule has 1 aliphatic heterocycles. The van der Waals surface area contributed by atoms with Crippen molar-refractivity contribution in [2.75, 3.05) is 13.1 Å². The highest BCUT2D eigenvalue weighted by Crippen LogP contribution is 2.21. The topological polar surface area (TPSA) is 53.1 Å². The van der Waals surface area contributed by atoms with E-state index >= 15 is 0 Å². The number of hydrogen-bond donors (Lipinski definition) is 0. The van der Waals surface area contributed by atoms with Crippen LogP contribution < -0.4 is 0 Å². The lowest BCUT2D eigenvalue weighted by Crippen LogP contribution is -2.32. The summed E-state index contributed by atoms with van der Waals surface area (Å²) in [5, 5.41) is 8.89. The molecule has 2 aromatic rings. The van der Waals surface area contributed by atoms with Crippen molar-refractivity contribution >= 4 is 12.4 Å². The first-order valence-electron chi connectivity index (χ1n) is 7.07. The number of hydrogen-bond acceptors (Lipinski definition) is 4. The van der Waals surface area contributed by atoms with E-state index in [1.165, 1.54) is 12.1 Å². The van der Waals surface area contributed by atoms with Crippen LogP contribution in [0.15, 0.2) is 34.9 Å². The van der Waals surface area contributed by atoms with E-state index in [-0.39, 0.29) is 24.1 Å². The lowest BCUT2D eigenvalue weighted by Gasteiger charge is -2.27. The van der Waals surface area contributed by atoms with Crippen molar-refractivity contribution in [3.05, 3.63) is 42.0 Å². The highest BCUT2D eigenvalue weighted by atomic mass is 35.5. The third kappa shape index (κ3) is 3.85. The normalized spacial score (nSPS) is 16.0. The number of nitriles is 1. The molecule has 1 saturated heterocycles. The van der Waals surface area contributed by atoms with E-state index in [9.17, 15) is 4.39 Å². The van der Waals surface area contributed by atoms with Crippen LogP contribution in [0.4, 0.5) is 4.39 Å². The molecule has 0 aliphatic carbocycles. The Hall–Kier alpha value is -1.90. The molecule has 116 valence electrons. The second kappa shape index (κ2) is 7.39. The summed E-state index contributed by atoms with van der Waals surface area (Å²) in [6, 6.07) is 8.43. The van der Waals surface area contributed by atoms with Crippen LogP contribution in [-0.4, -0.2) is 23.0 Å². The number of oxazole rings is 1. The van der Waals surface area contributed by atoms with Crippen LogP contribution >= 0.6 is 12.4 Å². The molecule has 0 radical (unpaired) electrons. The van der Waals surface area contributed by atoms with Crippen molar-refractivity contribution in [1.29, 1.82) is 5.26 Å². The van der Waals surface area contributed by atoms with Crippen LogP contribution in [0.2, 0.25) is 0 Å². The van der Waals surface area contributed by atoms with Crippen molar-refractivity contribution < 1.29 is 8.81 Å². The van der Waals surface area contributed by atoms with Gasteiger partial charge in [0.1, 0.15) is 12.1 Å². The molecule has 22 heavy (non-hydrogen) atoms. The summed E-state index contributed by atoms with van der Waals surface area (Å²) in [7, 11) is 0. The number of aromatic nitrogens is 1. The van der Waals surface area contributed by atoms with Gasteiger partial charge < -0.3 is 4.42 Å². The highest BCUT2D eigenvalue weighted by Gasteiger charge is 2.19. The average Bonchev–Trinajstić information content (AvgIpc) is 2.97. The maximum Gasteiger partial charge on any atom is 0.226 e. The first-order chi connectivity index (χ1) is 10.2.